The highest BCUT2D eigenvalue weighted by Gasteiger charge is 2.21. The Labute approximate surface area is 131 Å². The van der Waals surface area contributed by atoms with Crippen LogP contribution in [0.25, 0.3) is 5.78 Å². The zero-order valence-electron chi connectivity index (χ0n) is 11.9. The lowest BCUT2D eigenvalue weighted by molar-refractivity contribution is 0.596. The van der Waals surface area contributed by atoms with Crippen LogP contribution in [0.4, 0.5) is 0 Å². The molecule has 7 heteroatoms. The van der Waals surface area contributed by atoms with Crippen LogP contribution in [0.3, 0.4) is 0 Å². The SMILES string of the molecule is O=c1c2c(n(Cc3ccc(Cl)nc3)c3ncnn13)CCCC2. The quantitative estimate of drug-likeness (QED) is 0.677. The van der Waals surface area contributed by atoms with E-state index in [2.05, 4.69) is 19.6 Å². The fourth-order valence-electron chi connectivity index (χ4n) is 3.08. The molecule has 1 aliphatic rings. The predicted molar refractivity (Wildman–Crippen MR) is 82.2 cm³/mol. The monoisotopic (exact) mass is 315 g/mol. The van der Waals surface area contributed by atoms with Crippen LogP contribution in [-0.2, 0) is 19.4 Å². The second kappa shape index (κ2) is 5.21. The molecule has 0 atom stereocenters. The van der Waals surface area contributed by atoms with Crippen LogP contribution in [0.1, 0.15) is 29.7 Å². The van der Waals surface area contributed by atoms with Crippen LogP contribution in [0, 0.1) is 0 Å². The van der Waals surface area contributed by atoms with Gasteiger partial charge in [0.2, 0.25) is 5.78 Å². The summed E-state index contributed by atoms with van der Waals surface area (Å²) in [6.07, 6.45) is 7.03. The largest absolute Gasteiger partial charge is 0.309 e. The summed E-state index contributed by atoms with van der Waals surface area (Å²) in [4.78, 5) is 20.9. The molecule has 0 spiro atoms. The number of fused-ring (bicyclic) bond motifs is 2. The van der Waals surface area contributed by atoms with Crippen LogP contribution in [0.15, 0.2) is 29.5 Å². The first-order valence-electron chi connectivity index (χ1n) is 7.29. The van der Waals surface area contributed by atoms with Gasteiger partial charge in [0.15, 0.2) is 0 Å². The maximum atomic E-state index is 12.5. The van der Waals surface area contributed by atoms with Gasteiger partial charge in [-0.3, -0.25) is 4.79 Å². The Hall–Kier alpha value is -2.21. The Bertz CT molecular complexity index is 897. The fourth-order valence-corrected chi connectivity index (χ4v) is 3.19. The molecular weight excluding hydrogens is 302 g/mol. The number of pyridine rings is 1. The summed E-state index contributed by atoms with van der Waals surface area (Å²) in [5.41, 5.74) is 2.93. The van der Waals surface area contributed by atoms with Gasteiger partial charge in [0, 0.05) is 17.5 Å². The van der Waals surface area contributed by atoms with E-state index in [1.54, 1.807) is 12.3 Å². The van der Waals surface area contributed by atoms with Crippen LogP contribution >= 0.6 is 11.6 Å². The number of hydrogen-bond donors (Lipinski definition) is 0. The van der Waals surface area contributed by atoms with Crippen molar-refractivity contribution in [3.05, 3.63) is 57.0 Å². The molecule has 0 saturated heterocycles. The van der Waals surface area contributed by atoms with Crippen molar-refractivity contribution in [2.45, 2.75) is 32.2 Å². The van der Waals surface area contributed by atoms with Gasteiger partial charge < -0.3 is 4.57 Å². The van der Waals surface area contributed by atoms with Crippen LogP contribution in [-0.4, -0.2) is 24.1 Å². The summed E-state index contributed by atoms with van der Waals surface area (Å²) >= 11 is 5.84. The van der Waals surface area contributed by atoms with Gasteiger partial charge >= 0.3 is 0 Å². The van der Waals surface area contributed by atoms with E-state index in [-0.39, 0.29) is 5.56 Å². The van der Waals surface area contributed by atoms with Crippen LogP contribution < -0.4 is 5.56 Å². The molecule has 22 heavy (non-hydrogen) atoms. The van der Waals surface area contributed by atoms with Gasteiger partial charge in [-0.15, -0.1) is 0 Å². The van der Waals surface area contributed by atoms with Crippen molar-refractivity contribution in [2.75, 3.05) is 0 Å². The highest BCUT2D eigenvalue weighted by atomic mass is 35.5. The molecule has 0 aliphatic heterocycles. The van der Waals surface area contributed by atoms with Gasteiger partial charge in [0.25, 0.3) is 5.56 Å². The molecule has 0 unspecified atom stereocenters. The normalized spacial score (nSPS) is 14.2. The maximum Gasteiger partial charge on any atom is 0.279 e. The maximum absolute atomic E-state index is 12.5. The molecule has 0 saturated carbocycles. The minimum atomic E-state index is -0.0346. The topological polar surface area (TPSA) is 65.1 Å². The van der Waals surface area contributed by atoms with Gasteiger partial charge in [-0.2, -0.15) is 14.6 Å². The van der Waals surface area contributed by atoms with E-state index < -0.39 is 0 Å². The molecule has 0 radical (unpaired) electrons. The Morgan fingerprint density at radius 2 is 2.05 bits per heavy atom. The van der Waals surface area contributed by atoms with E-state index in [1.807, 2.05) is 6.07 Å². The summed E-state index contributed by atoms with van der Waals surface area (Å²) in [5.74, 6) is 0.584. The lowest BCUT2D eigenvalue weighted by atomic mass is 9.96. The Morgan fingerprint density at radius 3 is 2.86 bits per heavy atom. The lowest BCUT2D eigenvalue weighted by Gasteiger charge is -2.21. The van der Waals surface area contributed by atoms with E-state index in [9.17, 15) is 4.79 Å². The summed E-state index contributed by atoms with van der Waals surface area (Å²) < 4.78 is 3.47. The number of halogens is 1. The molecule has 4 rings (SSSR count). The minimum Gasteiger partial charge on any atom is -0.309 e. The van der Waals surface area contributed by atoms with Crippen LogP contribution in [0.2, 0.25) is 5.15 Å². The lowest BCUT2D eigenvalue weighted by Crippen LogP contribution is -2.29. The summed E-state index contributed by atoms with van der Waals surface area (Å²) in [7, 11) is 0. The van der Waals surface area contributed by atoms with Gasteiger partial charge in [-0.1, -0.05) is 17.7 Å². The first-order valence-corrected chi connectivity index (χ1v) is 7.66. The van der Waals surface area contributed by atoms with Crippen molar-refractivity contribution in [3.8, 4) is 0 Å². The fraction of sp³-hybridized carbons (Fsp3) is 0.333. The van der Waals surface area contributed by atoms with E-state index in [4.69, 9.17) is 11.6 Å². The number of aromatic nitrogens is 5. The molecule has 112 valence electrons. The molecule has 6 nitrogen and oxygen atoms in total. The summed E-state index contributed by atoms with van der Waals surface area (Å²) in [5, 5.41) is 4.55. The third kappa shape index (κ3) is 2.11. The molecule has 0 fully saturated rings. The molecule has 0 N–H and O–H groups in total. The minimum absolute atomic E-state index is 0.0346. The third-order valence-corrected chi connectivity index (χ3v) is 4.34. The highest BCUT2D eigenvalue weighted by Crippen LogP contribution is 2.21. The third-order valence-electron chi connectivity index (χ3n) is 4.12. The number of hydrogen-bond acceptors (Lipinski definition) is 4. The molecule has 1 aliphatic carbocycles. The average molecular weight is 316 g/mol. The first kappa shape index (κ1) is 13.5. The highest BCUT2D eigenvalue weighted by molar-refractivity contribution is 6.29. The van der Waals surface area contributed by atoms with Crippen LogP contribution in [0.5, 0.6) is 0 Å². The van der Waals surface area contributed by atoms with E-state index in [1.165, 1.54) is 10.8 Å². The van der Waals surface area contributed by atoms with Crippen molar-refractivity contribution >= 4 is 17.4 Å². The number of rotatable bonds is 2. The van der Waals surface area contributed by atoms with E-state index in [0.29, 0.717) is 17.5 Å². The Morgan fingerprint density at radius 1 is 1.18 bits per heavy atom. The molecule has 3 heterocycles. The molecular formula is C15H14ClN5O. The van der Waals surface area contributed by atoms with E-state index >= 15 is 0 Å². The summed E-state index contributed by atoms with van der Waals surface area (Å²) in [6, 6.07) is 3.71. The van der Waals surface area contributed by atoms with Crippen molar-refractivity contribution in [1.29, 1.82) is 0 Å². The summed E-state index contributed by atoms with van der Waals surface area (Å²) in [6.45, 7) is 0.606. The van der Waals surface area contributed by atoms with Gasteiger partial charge in [-0.05, 0) is 37.3 Å². The number of nitrogens with zero attached hydrogens (tertiary/aromatic N) is 5. The average Bonchev–Trinajstić information content (AvgIpc) is 3.03. The van der Waals surface area contributed by atoms with Crippen molar-refractivity contribution < 1.29 is 0 Å². The standard InChI is InChI=1S/C15H14ClN5O/c16-13-6-5-10(7-17-13)8-20-12-4-2-1-3-11(12)14(22)21-15(20)18-9-19-21/h5-7,9H,1-4,8H2. The first-order chi connectivity index (χ1) is 10.7. The predicted octanol–water partition coefficient (Wildman–Crippen LogP) is 1.87. The van der Waals surface area contributed by atoms with Crippen molar-refractivity contribution in [1.82, 2.24) is 24.1 Å². The van der Waals surface area contributed by atoms with Crippen molar-refractivity contribution in [3.63, 3.8) is 0 Å². The van der Waals surface area contributed by atoms with E-state index in [0.717, 1.165) is 42.5 Å². The smallest absolute Gasteiger partial charge is 0.279 e. The van der Waals surface area contributed by atoms with Gasteiger partial charge in [0.1, 0.15) is 11.5 Å². The zero-order valence-corrected chi connectivity index (χ0v) is 12.6. The second-order valence-corrected chi connectivity index (χ2v) is 5.87. The Balaban J connectivity index is 1.92. The molecule has 3 aromatic rings. The van der Waals surface area contributed by atoms with Gasteiger partial charge in [-0.25, -0.2) is 4.98 Å². The van der Waals surface area contributed by atoms with Gasteiger partial charge in [0.05, 0.1) is 6.54 Å². The molecule has 0 amide bonds. The second-order valence-electron chi connectivity index (χ2n) is 5.48. The zero-order chi connectivity index (χ0) is 15.1. The van der Waals surface area contributed by atoms with Crippen molar-refractivity contribution in [2.24, 2.45) is 0 Å². The Kier molecular flexibility index (Phi) is 3.18. The molecule has 3 aromatic heterocycles. The molecule has 0 aromatic carbocycles. The molecule has 0 bridgehead atoms.